The molecule has 0 saturated carbocycles. The Hall–Kier alpha value is -3.18. The maximum Gasteiger partial charge on any atom is 0.303 e. The van der Waals surface area contributed by atoms with Gasteiger partial charge < -0.3 is 14.9 Å². The molecule has 3 aromatic rings. The Labute approximate surface area is 221 Å². The highest BCUT2D eigenvalue weighted by atomic mass is 35.5. The van der Waals surface area contributed by atoms with Gasteiger partial charge in [-0.3, -0.25) is 14.7 Å². The third-order valence-electron chi connectivity index (χ3n) is 7.02. The van der Waals surface area contributed by atoms with E-state index in [0.717, 1.165) is 35.9 Å². The van der Waals surface area contributed by atoms with Crippen LogP contribution in [0.15, 0.2) is 48.7 Å². The molecule has 1 fully saturated rings. The number of ether oxygens (including phenoxy) is 1. The van der Waals surface area contributed by atoms with Crippen LogP contribution in [0.3, 0.4) is 0 Å². The van der Waals surface area contributed by atoms with Gasteiger partial charge in [-0.05, 0) is 85.7 Å². The highest BCUT2D eigenvalue weighted by Gasteiger charge is 2.31. The van der Waals surface area contributed by atoms with Crippen molar-refractivity contribution in [2.45, 2.75) is 31.8 Å². The number of aliphatic hydroxyl groups is 1. The summed E-state index contributed by atoms with van der Waals surface area (Å²) in [6.45, 7) is 1.89. The van der Waals surface area contributed by atoms with Gasteiger partial charge in [0, 0.05) is 30.1 Å². The lowest BCUT2D eigenvalue weighted by Crippen LogP contribution is -2.41. The smallest absolute Gasteiger partial charge is 0.303 e. The second-order valence-electron chi connectivity index (χ2n) is 9.44. The molecule has 8 heteroatoms. The van der Waals surface area contributed by atoms with Gasteiger partial charge in [-0.25, -0.2) is 4.39 Å². The van der Waals surface area contributed by atoms with Gasteiger partial charge >= 0.3 is 5.97 Å². The van der Waals surface area contributed by atoms with Gasteiger partial charge in [0.15, 0.2) is 0 Å². The van der Waals surface area contributed by atoms with Crippen LogP contribution in [-0.4, -0.2) is 52.8 Å². The zero-order valence-electron chi connectivity index (χ0n) is 20.7. The number of methoxy groups -OCH3 is 1. The molecule has 1 aliphatic heterocycles. The SMILES string of the molecule is COc1ccc2nccc([C@@H](O)CC[C@@H]3CCN(CC#Cc4ccc(F)cc4Cl)C[C@@H]3CC(=O)O)c2c1. The van der Waals surface area contributed by atoms with Crippen molar-refractivity contribution in [1.29, 1.82) is 0 Å². The van der Waals surface area contributed by atoms with E-state index in [1.54, 1.807) is 19.4 Å². The maximum atomic E-state index is 13.2. The number of benzene rings is 2. The number of pyridine rings is 1. The number of halogens is 2. The summed E-state index contributed by atoms with van der Waals surface area (Å²) in [5.41, 5.74) is 2.15. The molecule has 0 spiro atoms. The standard InChI is InChI=1S/C29H30ClFN2O4/c1-37-23-7-8-27-25(17-23)24(10-12-32-27)28(34)9-5-19-11-14-33(18-21(19)15-29(35)36)13-2-3-20-4-6-22(31)16-26(20)30/h4,6-8,10,12,16-17,19,21,28,34H,5,9,11,13-15,18H2,1H3,(H,35,36)/t19-,21+,28+/m1/s1. The van der Waals surface area contributed by atoms with E-state index in [-0.39, 0.29) is 23.3 Å². The number of carbonyl (C=O) groups is 1. The number of piperidine rings is 1. The van der Waals surface area contributed by atoms with E-state index >= 15 is 0 Å². The van der Waals surface area contributed by atoms with Gasteiger partial charge in [0.2, 0.25) is 0 Å². The molecule has 6 nitrogen and oxygen atoms in total. The van der Waals surface area contributed by atoms with Crippen LogP contribution in [0.2, 0.25) is 5.02 Å². The van der Waals surface area contributed by atoms with E-state index in [0.29, 0.717) is 30.8 Å². The second kappa shape index (κ2) is 12.4. The summed E-state index contributed by atoms with van der Waals surface area (Å²) in [4.78, 5) is 18.1. The first-order valence-electron chi connectivity index (χ1n) is 12.3. The number of carboxylic acid groups (broad SMARTS) is 1. The van der Waals surface area contributed by atoms with Crippen LogP contribution < -0.4 is 4.74 Å². The molecule has 1 aromatic heterocycles. The van der Waals surface area contributed by atoms with Crippen LogP contribution in [0, 0.1) is 29.5 Å². The number of hydrogen-bond acceptors (Lipinski definition) is 5. The molecule has 0 unspecified atom stereocenters. The van der Waals surface area contributed by atoms with Crippen molar-refractivity contribution in [3.8, 4) is 17.6 Å². The fraction of sp³-hybridized carbons (Fsp3) is 0.379. The quantitative estimate of drug-likeness (QED) is 0.388. The summed E-state index contributed by atoms with van der Waals surface area (Å²) in [7, 11) is 1.60. The topological polar surface area (TPSA) is 82.9 Å². The first kappa shape index (κ1) is 26.9. The van der Waals surface area contributed by atoms with Crippen molar-refractivity contribution in [3.63, 3.8) is 0 Å². The highest BCUT2D eigenvalue weighted by molar-refractivity contribution is 6.31. The van der Waals surface area contributed by atoms with E-state index in [9.17, 15) is 19.4 Å². The minimum Gasteiger partial charge on any atom is -0.497 e. The Kier molecular flexibility index (Phi) is 8.99. The summed E-state index contributed by atoms with van der Waals surface area (Å²) < 4.78 is 18.6. The van der Waals surface area contributed by atoms with Gasteiger partial charge in [0.05, 0.1) is 30.3 Å². The fourth-order valence-corrected chi connectivity index (χ4v) is 5.28. The van der Waals surface area contributed by atoms with Gasteiger partial charge in [-0.1, -0.05) is 23.4 Å². The number of rotatable bonds is 8. The molecule has 2 aromatic carbocycles. The van der Waals surface area contributed by atoms with Crippen molar-refractivity contribution in [2.24, 2.45) is 11.8 Å². The number of aromatic nitrogens is 1. The maximum absolute atomic E-state index is 13.2. The Morgan fingerprint density at radius 3 is 2.86 bits per heavy atom. The normalized spacial score (nSPS) is 18.7. The summed E-state index contributed by atoms with van der Waals surface area (Å²) in [5, 5.41) is 21.7. The average Bonchev–Trinajstić information content (AvgIpc) is 2.88. The first-order valence-corrected chi connectivity index (χ1v) is 12.7. The van der Waals surface area contributed by atoms with Crippen LogP contribution in [0.4, 0.5) is 4.39 Å². The largest absolute Gasteiger partial charge is 0.497 e. The monoisotopic (exact) mass is 524 g/mol. The van der Waals surface area contributed by atoms with Crippen LogP contribution in [0.5, 0.6) is 5.75 Å². The third kappa shape index (κ3) is 6.98. The van der Waals surface area contributed by atoms with E-state index in [2.05, 4.69) is 21.7 Å². The van der Waals surface area contributed by atoms with Crippen LogP contribution >= 0.6 is 11.6 Å². The predicted octanol–water partition coefficient (Wildman–Crippen LogP) is 5.31. The second-order valence-corrected chi connectivity index (χ2v) is 9.85. The third-order valence-corrected chi connectivity index (χ3v) is 7.33. The number of fused-ring (bicyclic) bond motifs is 1. The van der Waals surface area contributed by atoms with Crippen LogP contribution in [-0.2, 0) is 4.79 Å². The van der Waals surface area contributed by atoms with Gasteiger partial charge in [0.25, 0.3) is 0 Å². The van der Waals surface area contributed by atoms with Crippen LogP contribution in [0.25, 0.3) is 10.9 Å². The zero-order chi connectivity index (χ0) is 26.4. The Balaban J connectivity index is 1.39. The molecule has 194 valence electrons. The Morgan fingerprint density at radius 1 is 1.27 bits per heavy atom. The van der Waals surface area contributed by atoms with Crippen molar-refractivity contribution >= 4 is 28.5 Å². The minimum absolute atomic E-state index is 0.0380. The summed E-state index contributed by atoms with van der Waals surface area (Å²) in [5.74, 6) is 5.68. The Morgan fingerprint density at radius 2 is 2.11 bits per heavy atom. The fourth-order valence-electron chi connectivity index (χ4n) is 5.06. The number of aliphatic carboxylic acids is 1. The lowest BCUT2D eigenvalue weighted by atomic mass is 9.79. The van der Waals surface area contributed by atoms with Gasteiger partial charge in [-0.15, -0.1) is 0 Å². The number of nitrogens with zero attached hydrogens (tertiary/aromatic N) is 2. The molecule has 0 amide bonds. The van der Waals surface area contributed by atoms with Gasteiger partial charge in [0.1, 0.15) is 11.6 Å². The van der Waals surface area contributed by atoms with Crippen molar-refractivity contribution in [2.75, 3.05) is 26.7 Å². The van der Waals surface area contributed by atoms with Gasteiger partial charge in [-0.2, -0.15) is 0 Å². The van der Waals surface area contributed by atoms with E-state index in [1.807, 2.05) is 24.3 Å². The lowest BCUT2D eigenvalue weighted by molar-refractivity contribution is -0.139. The molecule has 1 aliphatic rings. The molecule has 1 saturated heterocycles. The zero-order valence-corrected chi connectivity index (χ0v) is 21.4. The van der Waals surface area contributed by atoms with E-state index < -0.39 is 17.9 Å². The minimum atomic E-state index is -0.825. The van der Waals surface area contributed by atoms with Crippen LogP contribution in [0.1, 0.15) is 42.9 Å². The number of aliphatic hydroxyl groups excluding tert-OH is 1. The predicted molar refractivity (Wildman–Crippen MR) is 141 cm³/mol. The summed E-state index contributed by atoms with van der Waals surface area (Å²) >= 11 is 6.05. The highest BCUT2D eigenvalue weighted by Crippen LogP contribution is 2.34. The molecule has 2 heterocycles. The van der Waals surface area contributed by atoms with Crippen molar-refractivity contribution in [1.82, 2.24) is 9.88 Å². The Bertz CT molecular complexity index is 1320. The summed E-state index contributed by atoms with van der Waals surface area (Å²) in [6.07, 6.45) is 3.15. The molecule has 3 atom stereocenters. The molecule has 0 bridgehead atoms. The average molecular weight is 525 g/mol. The lowest BCUT2D eigenvalue weighted by Gasteiger charge is -2.37. The molecular formula is C29H30ClFN2O4. The molecule has 37 heavy (non-hydrogen) atoms. The van der Waals surface area contributed by atoms with Crippen molar-refractivity contribution in [3.05, 3.63) is 70.6 Å². The van der Waals surface area contributed by atoms with E-state index in [4.69, 9.17) is 16.3 Å². The molecule has 2 N–H and O–H groups in total. The van der Waals surface area contributed by atoms with Crippen molar-refractivity contribution < 1.29 is 24.1 Å². The molecule has 0 aliphatic carbocycles. The number of carboxylic acids is 1. The van der Waals surface area contributed by atoms with E-state index in [1.165, 1.54) is 12.1 Å². The molecule has 4 rings (SSSR count). The number of likely N-dealkylation sites (tertiary alicyclic amines) is 1. The molecule has 0 radical (unpaired) electrons. The molecular weight excluding hydrogens is 495 g/mol. The summed E-state index contributed by atoms with van der Waals surface area (Å²) in [6, 6.07) is 11.5. The first-order chi connectivity index (χ1) is 17.8. The number of hydrogen-bond donors (Lipinski definition) is 2.